The van der Waals surface area contributed by atoms with E-state index in [0.29, 0.717) is 51.8 Å². The van der Waals surface area contributed by atoms with E-state index in [9.17, 15) is 14.4 Å². The average Bonchev–Trinajstić information content (AvgIpc) is 2.83. The molecule has 0 bridgehead atoms. The Kier molecular flexibility index (Phi) is 22.4. The lowest BCUT2D eigenvalue weighted by molar-refractivity contribution is -0.149. The van der Waals surface area contributed by atoms with Crippen molar-refractivity contribution in [1.29, 1.82) is 0 Å². The van der Waals surface area contributed by atoms with Crippen LogP contribution in [-0.2, 0) is 42.8 Å². The third-order valence-electron chi connectivity index (χ3n) is 4.86. The maximum absolute atomic E-state index is 11.5. The first kappa shape index (κ1) is 33.0. The zero-order valence-electron chi connectivity index (χ0n) is 21.4. The summed E-state index contributed by atoms with van der Waals surface area (Å²) in [5, 5.41) is 8.94. The van der Waals surface area contributed by atoms with Gasteiger partial charge in [-0.3, -0.25) is 9.59 Å². The first-order valence-electron chi connectivity index (χ1n) is 12.4. The molecule has 10 heteroatoms. The van der Waals surface area contributed by atoms with Crippen molar-refractivity contribution in [1.82, 2.24) is 0 Å². The van der Waals surface area contributed by atoms with Crippen molar-refractivity contribution in [3.05, 3.63) is 12.7 Å². The third kappa shape index (κ3) is 23.5. The Bertz CT molecular complexity index is 564. The lowest BCUT2D eigenvalue weighted by atomic mass is 10.0. The second kappa shape index (κ2) is 23.7. The van der Waals surface area contributed by atoms with Crippen LogP contribution in [0.4, 0.5) is 0 Å². The highest BCUT2D eigenvalue weighted by atomic mass is 16.6. The van der Waals surface area contributed by atoms with Gasteiger partial charge in [-0.15, -0.1) is 0 Å². The number of ether oxygens (including phenoxy) is 6. The van der Waals surface area contributed by atoms with Crippen LogP contribution in [0.3, 0.4) is 0 Å². The fourth-order valence-electron chi connectivity index (χ4n) is 2.84. The van der Waals surface area contributed by atoms with E-state index in [-0.39, 0.29) is 38.6 Å². The van der Waals surface area contributed by atoms with Crippen molar-refractivity contribution in [3.8, 4) is 0 Å². The molecule has 0 spiro atoms. The van der Waals surface area contributed by atoms with Gasteiger partial charge in [-0.25, -0.2) is 4.79 Å². The highest BCUT2D eigenvalue weighted by Gasteiger charge is 2.08. The Balaban J connectivity index is 3.50. The van der Waals surface area contributed by atoms with Crippen molar-refractivity contribution < 1.29 is 47.9 Å². The minimum absolute atomic E-state index is 0.0127. The maximum Gasteiger partial charge on any atom is 0.330 e. The predicted molar refractivity (Wildman–Crippen MR) is 128 cm³/mol. The maximum atomic E-state index is 11.5. The molecule has 0 aromatic rings. The molecule has 35 heavy (non-hydrogen) atoms. The van der Waals surface area contributed by atoms with Crippen LogP contribution in [0.2, 0.25) is 0 Å². The summed E-state index contributed by atoms with van der Waals surface area (Å²) < 4.78 is 31.0. The minimum Gasteiger partial charge on any atom is -0.466 e. The van der Waals surface area contributed by atoms with Crippen molar-refractivity contribution in [2.24, 2.45) is 5.92 Å². The fraction of sp³-hybridized carbons (Fsp3) is 0.800. The molecule has 0 aliphatic heterocycles. The van der Waals surface area contributed by atoms with Crippen LogP contribution in [0.15, 0.2) is 12.7 Å². The molecular formula is C25H44O10. The predicted octanol–water partition coefficient (Wildman–Crippen LogP) is 2.95. The minimum atomic E-state index is -0.880. The van der Waals surface area contributed by atoms with Crippen LogP contribution in [0.25, 0.3) is 0 Å². The molecular weight excluding hydrogens is 460 g/mol. The Morgan fingerprint density at radius 3 is 2.00 bits per heavy atom. The van der Waals surface area contributed by atoms with Gasteiger partial charge in [0.1, 0.15) is 6.61 Å². The van der Waals surface area contributed by atoms with Gasteiger partial charge >= 0.3 is 17.9 Å². The van der Waals surface area contributed by atoms with Crippen molar-refractivity contribution in [2.75, 3.05) is 52.9 Å². The van der Waals surface area contributed by atoms with Crippen LogP contribution in [0.1, 0.15) is 65.2 Å². The topological polar surface area (TPSA) is 127 Å². The molecule has 0 aliphatic carbocycles. The summed E-state index contributed by atoms with van der Waals surface area (Å²) in [4.78, 5) is 33.8. The van der Waals surface area contributed by atoms with Crippen LogP contribution < -0.4 is 0 Å². The summed E-state index contributed by atoms with van der Waals surface area (Å²) >= 11 is 0. The quantitative estimate of drug-likeness (QED) is 0.0689. The van der Waals surface area contributed by atoms with E-state index in [1.54, 1.807) is 0 Å². The van der Waals surface area contributed by atoms with Gasteiger partial charge < -0.3 is 33.5 Å². The molecule has 0 rings (SSSR count). The van der Waals surface area contributed by atoms with Crippen LogP contribution in [-0.4, -0.2) is 82.2 Å². The van der Waals surface area contributed by atoms with Crippen molar-refractivity contribution >= 4 is 17.9 Å². The number of rotatable bonds is 24. The van der Waals surface area contributed by atoms with Gasteiger partial charge in [0.2, 0.25) is 0 Å². The second-order valence-electron chi connectivity index (χ2n) is 7.95. The number of hydrogen-bond donors (Lipinski definition) is 1. The molecule has 10 nitrogen and oxygen atoms in total. The molecule has 1 N–H and O–H groups in total. The molecule has 0 heterocycles. The first-order valence-corrected chi connectivity index (χ1v) is 12.4. The normalized spacial score (nSPS) is 12.5. The van der Waals surface area contributed by atoms with Crippen molar-refractivity contribution in [3.63, 3.8) is 0 Å². The van der Waals surface area contributed by atoms with E-state index >= 15 is 0 Å². The summed E-state index contributed by atoms with van der Waals surface area (Å²) in [6, 6.07) is 0. The van der Waals surface area contributed by atoms with Gasteiger partial charge in [-0.2, -0.15) is 0 Å². The van der Waals surface area contributed by atoms with Crippen LogP contribution >= 0.6 is 0 Å². The second-order valence-corrected chi connectivity index (χ2v) is 7.95. The standard InChI is InChI=1S/C25H44O10/c1-4-22(20-31-15-9-17-34-25(29)12-19-35-23(27)5-2)10-6-7-13-30-14-8-16-33-24(28)11-18-32-21(3)26/h5,21-22,26H,2,4,6-20H2,1,3H3. The van der Waals surface area contributed by atoms with E-state index in [4.69, 9.17) is 33.5 Å². The summed E-state index contributed by atoms with van der Waals surface area (Å²) in [6.45, 7) is 10.0. The Labute approximate surface area is 209 Å². The summed E-state index contributed by atoms with van der Waals surface area (Å²) in [6.07, 6.45) is 5.69. The zero-order valence-corrected chi connectivity index (χ0v) is 21.4. The average molecular weight is 505 g/mol. The van der Waals surface area contributed by atoms with E-state index in [0.717, 1.165) is 31.8 Å². The van der Waals surface area contributed by atoms with Gasteiger partial charge in [-0.05, 0) is 25.7 Å². The fourth-order valence-corrected chi connectivity index (χ4v) is 2.84. The molecule has 0 amide bonds. The number of carbonyl (C=O) groups excluding carboxylic acids is 3. The number of esters is 3. The molecule has 0 aromatic carbocycles. The van der Waals surface area contributed by atoms with Gasteiger partial charge in [0, 0.05) is 45.3 Å². The largest absolute Gasteiger partial charge is 0.466 e. The lowest BCUT2D eigenvalue weighted by Crippen LogP contribution is -2.14. The summed E-state index contributed by atoms with van der Waals surface area (Å²) in [7, 11) is 0. The van der Waals surface area contributed by atoms with E-state index in [1.807, 2.05) is 0 Å². The Morgan fingerprint density at radius 1 is 0.800 bits per heavy atom. The molecule has 0 aromatic heterocycles. The molecule has 2 unspecified atom stereocenters. The van der Waals surface area contributed by atoms with Gasteiger partial charge in [0.25, 0.3) is 0 Å². The lowest BCUT2D eigenvalue weighted by Gasteiger charge is -2.15. The van der Waals surface area contributed by atoms with Gasteiger partial charge in [0.05, 0.1) is 32.7 Å². The molecule has 204 valence electrons. The van der Waals surface area contributed by atoms with E-state index in [1.165, 1.54) is 6.92 Å². The Morgan fingerprint density at radius 2 is 1.40 bits per heavy atom. The number of hydrogen-bond acceptors (Lipinski definition) is 10. The molecule has 2 atom stereocenters. The number of aliphatic hydroxyl groups excluding tert-OH is 1. The first-order chi connectivity index (χ1) is 16.9. The van der Waals surface area contributed by atoms with E-state index < -0.39 is 18.2 Å². The molecule has 0 saturated heterocycles. The number of unbranched alkanes of at least 4 members (excludes halogenated alkanes) is 1. The highest BCUT2D eigenvalue weighted by Crippen LogP contribution is 2.13. The highest BCUT2D eigenvalue weighted by molar-refractivity contribution is 5.81. The van der Waals surface area contributed by atoms with E-state index in [2.05, 4.69) is 13.5 Å². The zero-order chi connectivity index (χ0) is 26.2. The van der Waals surface area contributed by atoms with Gasteiger partial charge in [0.15, 0.2) is 6.29 Å². The SMILES string of the molecule is C=CC(=O)OCCC(=O)OCCCOCC(CC)CCCCOCCCOC(=O)CCOC(C)O. The monoisotopic (exact) mass is 504 g/mol. The molecule has 0 fully saturated rings. The van der Waals surface area contributed by atoms with Crippen LogP contribution in [0, 0.1) is 5.92 Å². The van der Waals surface area contributed by atoms with Crippen molar-refractivity contribution in [2.45, 2.75) is 71.5 Å². The van der Waals surface area contributed by atoms with Crippen LogP contribution in [0.5, 0.6) is 0 Å². The molecule has 0 radical (unpaired) electrons. The molecule has 0 saturated carbocycles. The summed E-state index contributed by atoms with van der Waals surface area (Å²) in [5.74, 6) is -0.828. The Hall–Kier alpha value is -2.01. The van der Waals surface area contributed by atoms with Gasteiger partial charge in [-0.1, -0.05) is 26.3 Å². The summed E-state index contributed by atoms with van der Waals surface area (Å²) in [5.41, 5.74) is 0. The number of carbonyl (C=O) groups is 3. The third-order valence-corrected chi connectivity index (χ3v) is 4.86. The molecule has 0 aliphatic rings. The smallest absolute Gasteiger partial charge is 0.330 e. The number of aliphatic hydroxyl groups is 1.